The van der Waals surface area contributed by atoms with E-state index >= 15 is 0 Å². The molecule has 1 aromatic heterocycles. The summed E-state index contributed by atoms with van der Waals surface area (Å²) in [6.45, 7) is 13.9. The van der Waals surface area contributed by atoms with E-state index in [9.17, 15) is 0 Å². The number of hydrogen-bond donors (Lipinski definition) is 1. The van der Waals surface area contributed by atoms with Crippen molar-refractivity contribution in [1.82, 2.24) is 19.4 Å². The molecule has 0 spiro atoms. The molecule has 5 heteroatoms. The molecular weight excluding hydrogens is 238 g/mol. The number of imidazole rings is 1. The van der Waals surface area contributed by atoms with E-state index in [1.54, 1.807) is 0 Å². The van der Waals surface area contributed by atoms with Crippen LogP contribution in [0.4, 0.5) is 0 Å². The zero-order chi connectivity index (χ0) is 13.9. The van der Waals surface area contributed by atoms with Crippen LogP contribution in [0.2, 0.25) is 0 Å². The molecule has 0 unspecified atom stereocenters. The largest absolute Gasteiger partial charge is 0.334 e. The summed E-state index contributed by atoms with van der Waals surface area (Å²) in [5, 5.41) is 0. The number of nitrogens with zero attached hydrogens (tertiary/aromatic N) is 4. The van der Waals surface area contributed by atoms with Crippen LogP contribution in [-0.4, -0.2) is 64.2 Å². The minimum Gasteiger partial charge on any atom is -0.334 e. The molecule has 1 aliphatic heterocycles. The minimum atomic E-state index is 0.132. The molecule has 5 nitrogen and oxygen atoms in total. The van der Waals surface area contributed by atoms with E-state index in [2.05, 4.69) is 46.3 Å². The van der Waals surface area contributed by atoms with Gasteiger partial charge in [-0.3, -0.25) is 9.80 Å². The molecule has 1 saturated heterocycles. The Kier molecular flexibility index (Phi) is 4.60. The van der Waals surface area contributed by atoms with Gasteiger partial charge in [-0.05, 0) is 20.8 Å². The van der Waals surface area contributed by atoms with Gasteiger partial charge in [0.1, 0.15) is 5.82 Å². The predicted molar refractivity (Wildman–Crippen MR) is 78.1 cm³/mol. The van der Waals surface area contributed by atoms with Gasteiger partial charge in [-0.15, -0.1) is 0 Å². The quantitative estimate of drug-likeness (QED) is 0.844. The van der Waals surface area contributed by atoms with Gasteiger partial charge in [0.15, 0.2) is 0 Å². The molecular formula is C14H27N5. The average Bonchev–Trinajstić information content (AvgIpc) is 2.82. The summed E-state index contributed by atoms with van der Waals surface area (Å²) in [7, 11) is 0. The summed E-state index contributed by atoms with van der Waals surface area (Å²) in [6.07, 6.45) is 3.93. The van der Waals surface area contributed by atoms with Crippen molar-refractivity contribution in [1.29, 1.82) is 0 Å². The molecule has 2 heterocycles. The van der Waals surface area contributed by atoms with Crippen LogP contribution < -0.4 is 5.73 Å². The summed E-state index contributed by atoms with van der Waals surface area (Å²) >= 11 is 0. The fourth-order valence-electron chi connectivity index (χ4n) is 2.60. The number of aromatic nitrogens is 2. The van der Waals surface area contributed by atoms with Crippen LogP contribution in [0.5, 0.6) is 0 Å². The molecule has 0 aromatic carbocycles. The molecule has 0 bridgehead atoms. The fourth-order valence-corrected chi connectivity index (χ4v) is 2.60. The molecule has 1 fully saturated rings. The molecule has 0 saturated carbocycles. The first-order valence-electron chi connectivity index (χ1n) is 7.18. The third kappa shape index (κ3) is 3.55. The molecule has 0 radical (unpaired) electrons. The van der Waals surface area contributed by atoms with E-state index in [0.29, 0.717) is 0 Å². The zero-order valence-electron chi connectivity index (χ0n) is 12.5. The topological polar surface area (TPSA) is 50.3 Å². The number of rotatable bonds is 5. The zero-order valence-corrected chi connectivity index (χ0v) is 12.5. The standard InChI is InChI=1S/C14H27N5/c1-13-16-4-5-18(13)9-6-17-7-10-19(11-8-17)14(2,3)12-15/h4-5H,6-12,15H2,1-3H3. The van der Waals surface area contributed by atoms with Crippen molar-refractivity contribution in [3.8, 4) is 0 Å². The van der Waals surface area contributed by atoms with Gasteiger partial charge < -0.3 is 10.3 Å². The van der Waals surface area contributed by atoms with Crippen molar-refractivity contribution in [2.45, 2.75) is 32.9 Å². The van der Waals surface area contributed by atoms with Crippen molar-refractivity contribution in [2.75, 3.05) is 39.3 Å². The lowest BCUT2D eigenvalue weighted by atomic mass is 10.0. The van der Waals surface area contributed by atoms with Crippen LogP contribution in [0.25, 0.3) is 0 Å². The molecule has 2 N–H and O–H groups in total. The Bertz CT molecular complexity index is 390. The molecule has 19 heavy (non-hydrogen) atoms. The van der Waals surface area contributed by atoms with E-state index in [4.69, 9.17) is 5.73 Å². The number of aryl methyl sites for hydroxylation is 1. The highest BCUT2D eigenvalue weighted by Crippen LogP contribution is 2.15. The van der Waals surface area contributed by atoms with Gasteiger partial charge in [-0.1, -0.05) is 0 Å². The summed E-state index contributed by atoms with van der Waals surface area (Å²) in [6, 6.07) is 0. The highest BCUT2D eigenvalue weighted by Gasteiger charge is 2.28. The minimum absolute atomic E-state index is 0.132. The molecule has 1 aromatic rings. The van der Waals surface area contributed by atoms with Gasteiger partial charge in [0, 0.05) is 63.7 Å². The Labute approximate surface area is 116 Å². The normalized spacial score (nSPS) is 18.9. The Morgan fingerprint density at radius 3 is 2.42 bits per heavy atom. The summed E-state index contributed by atoms with van der Waals surface area (Å²) < 4.78 is 2.22. The van der Waals surface area contributed by atoms with Gasteiger partial charge in [-0.2, -0.15) is 0 Å². The highest BCUT2D eigenvalue weighted by atomic mass is 15.3. The van der Waals surface area contributed by atoms with Crippen LogP contribution in [-0.2, 0) is 6.54 Å². The molecule has 108 valence electrons. The first kappa shape index (κ1) is 14.5. The van der Waals surface area contributed by atoms with Gasteiger partial charge >= 0.3 is 0 Å². The van der Waals surface area contributed by atoms with Crippen LogP contribution in [0.3, 0.4) is 0 Å². The lowest BCUT2D eigenvalue weighted by Crippen LogP contribution is -2.57. The maximum Gasteiger partial charge on any atom is 0.105 e. The fraction of sp³-hybridized carbons (Fsp3) is 0.786. The van der Waals surface area contributed by atoms with E-state index in [1.165, 1.54) is 0 Å². The second-order valence-corrected chi connectivity index (χ2v) is 6.01. The summed E-state index contributed by atoms with van der Waals surface area (Å²) in [4.78, 5) is 9.29. The second-order valence-electron chi connectivity index (χ2n) is 6.01. The number of nitrogens with two attached hydrogens (primary N) is 1. The van der Waals surface area contributed by atoms with Crippen LogP contribution >= 0.6 is 0 Å². The van der Waals surface area contributed by atoms with Crippen molar-refractivity contribution in [2.24, 2.45) is 5.73 Å². The van der Waals surface area contributed by atoms with Gasteiger partial charge in [0.25, 0.3) is 0 Å². The number of hydrogen-bond acceptors (Lipinski definition) is 4. The van der Waals surface area contributed by atoms with Crippen LogP contribution in [0.1, 0.15) is 19.7 Å². The van der Waals surface area contributed by atoms with E-state index < -0.39 is 0 Å². The SMILES string of the molecule is Cc1nccn1CCN1CCN(C(C)(C)CN)CC1. The Morgan fingerprint density at radius 2 is 1.89 bits per heavy atom. The monoisotopic (exact) mass is 265 g/mol. The van der Waals surface area contributed by atoms with Crippen molar-refractivity contribution in [3.63, 3.8) is 0 Å². The third-order valence-electron chi connectivity index (χ3n) is 4.31. The molecule has 1 aliphatic rings. The highest BCUT2D eigenvalue weighted by molar-refractivity contribution is 4.89. The molecule has 2 rings (SSSR count). The van der Waals surface area contributed by atoms with E-state index in [1.807, 2.05) is 6.20 Å². The van der Waals surface area contributed by atoms with Crippen molar-refractivity contribution < 1.29 is 0 Å². The van der Waals surface area contributed by atoms with Crippen LogP contribution in [0.15, 0.2) is 12.4 Å². The molecule has 0 aliphatic carbocycles. The van der Waals surface area contributed by atoms with Crippen molar-refractivity contribution in [3.05, 3.63) is 18.2 Å². The predicted octanol–water partition coefficient (Wildman–Crippen LogP) is 0.546. The number of piperazine rings is 1. The molecule has 0 amide bonds. The second kappa shape index (κ2) is 6.03. The van der Waals surface area contributed by atoms with Crippen molar-refractivity contribution >= 4 is 0 Å². The van der Waals surface area contributed by atoms with Gasteiger partial charge in [0.05, 0.1) is 0 Å². The maximum absolute atomic E-state index is 5.85. The van der Waals surface area contributed by atoms with Gasteiger partial charge in [-0.25, -0.2) is 4.98 Å². The summed E-state index contributed by atoms with van der Waals surface area (Å²) in [5.74, 6) is 1.10. The Balaban J connectivity index is 1.76. The lowest BCUT2D eigenvalue weighted by Gasteiger charge is -2.43. The van der Waals surface area contributed by atoms with E-state index in [0.717, 1.165) is 51.6 Å². The average molecular weight is 265 g/mol. The Morgan fingerprint density at radius 1 is 1.21 bits per heavy atom. The van der Waals surface area contributed by atoms with Gasteiger partial charge in [0.2, 0.25) is 0 Å². The smallest absolute Gasteiger partial charge is 0.105 e. The first-order valence-corrected chi connectivity index (χ1v) is 7.18. The molecule has 0 atom stereocenters. The lowest BCUT2D eigenvalue weighted by molar-refractivity contribution is 0.0555. The maximum atomic E-state index is 5.85. The van der Waals surface area contributed by atoms with Crippen LogP contribution in [0, 0.1) is 6.92 Å². The van der Waals surface area contributed by atoms with E-state index in [-0.39, 0.29) is 5.54 Å². The Hall–Kier alpha value is -0.910. The first-order chi connectivity index (χ1) is 9.03. The third-order valence-corrected chi connectivity index (χ3v) is 4.31. The summed E-state index contributed by atoms with van der Waals surface area (Å²) in [5.41, 5.74) is 5.98.